The molecule has 1 fully saturated rings. The molecule has 1 aromatic carbocycles. The SMILES string of the molecule is COc1cc2c(cc1OC)C1C(CO)CN1CC2.Cl. The van der Waals surface area contributed by atoms with Gasteiger partial charge in [0.2, 0.25) is 0 Å². The number of rotatable bonds is 3. The van der Waals surface area contributed by atoms with Gasteiger partial charge in [-0.15, -0.1) is 12.4 Å². The second-order valence-corrected chi connectivity index (χ2v) is 5.04. The average molecular weight is 286 g/mol. The highest BCUT2D eigenvalue weighted by molar-refractivity contribution is 5.85. The average Bonchev–Trinajstić information content (AvgIpc) is 2.37. The quantitative estimate of drug-likeness (QED) is 0.917. The lowest BCUT2D eigenvalue weighted by atomic mass is 9.78. The molecule has 0 saturated carbocycles. The molecule has 2 aliphatic rings. The number of aliphatic hydroxyl groups is 1. The summed E-state index contributed by atoms with van der Waals surface area (Å²) in [5.41, 5.74) is 2.62. The Morgan fingerprint density at radius 1 is 1.26 bits per heavy atom. The molecule has 0 aromatic heterocycles. The molecule has 2 heterocycles. The Morgan fingerprint density at radius 3 is 2.58 bits per heavy atom. The largest absolute Gasteiger partial charge is 0.493 e. The van der Waals surface area contributed by atoms with Gasteiger partial charge in [0, 0.05) is 31.7 Å². The Labute approximate surface area is 119 Å². The first kappa shape index (κ1) is 14.4. The van der Waals surface area contributed by atoms with Crippen LogP contribution in [-0.2, 0) is 6.42 Å². The zero-order chi connectivity index (χ0) is 12.7. The molecule has 1 saturated heterocycles. The maximum Gasteiger partial charge on any atom is 0.161 e. The van der Waals surface area contributed by atoms with E-state index in [1.807, 2.05) is 0 Å². The number of hydrogen-bond donors (Lipinski definition) is 1. The zero-order valence-corrected chi connectivity index (χ0v) is 12.1. The van der Waals surface area contributed by atoms with Crippen LogP contribution in [-0.4, -0.2) is 43.9 Å². The lowest BCUT2D eigenvalue weighted by Gasteiger charge is -2.51. The molecule has 4 nitrogen and oxygen atoms in total. The topological polar surface area (TPSA) is 41.9 Å². The van der Waals surface area contributed by atoms with Crippen molar-refractivity contribution in [3.8, 4) is 11.5 Å². The van der Waals surface area contributed by atoms with Crippen molar-refractivity contribution in [2.45, 2.75) is 12.5 Å². The van der Waals surface area contributed by atoms with Gasteiger partial charge >= 0.3 is 0 Å². The van der Waals surface area contributed by atoms with Gasteiger partial charge in [-0.05, 0) is 29.7 Å². The van der Waals surface area contributed by atoms with Crippen LogP contribution in [0.25, 0.3) is 0 Å². The smallest absolute Gasteiger partial charge is 0.161 e. The van der Waals surface area contributed by atoms with Gasteiger partial charge in [-0.25, -0.2) is 0 Å². The van der Waals surface area contributed by atoms with E-state index in [-0.39, 0.29) is 19.0 Å². The highest BCUT2D eigenvalue weighted by Gasteiger charge is 2.42. The Kier molecular flexibility index (Phi) is 4.23. The summed E-state index contributed by atoms with van der Waals surface area (Å²) >= 11 is 0. The third kappa shape index (κ3) is 2.18. The van der Waals surface area contributed by atoms with Crippen molar-refractivity contribution in [3.63, 3.8) is 0 Å². The summed E-state index contributed by atoms with van der Waals surface area (Å²) in [4.78, 5) is 2.43. The molecule has 1 N–H and O–H groups in total. The predicted octanol–water partition coefficient (Wildman–Crippen LogP) is 1.65. The number of ether oxygens (including phenoxy) is 2. The van der Waals surface area contributed by atoms with Crippen molar-refractivity contribution in [2.75, 3.05) is 33.9 Å². The van der Waals surface area contributed by atoms with E-state index in [1.54, 1.807) is 14.2 Å². The van der Waals surface area contributed by atoms with Crippen LogP contribution in [0.4, 0.5) is 0 Å². The molecule has 1 aromatic rings. The molecular weight excluding hydrogens is 266 g/mol. The Hall–Kier alpha value is -0.970. The van der Waals surface area contributed by atoms with Gasteiger partial charge in [-0.1, -0.05) is 0 Å². The number of methoxy groups -OCH3 is 2. The summed E-state index contributed by atoms with van der Waals surface area (Å²) in [5.74, 6) is 1.94. The predicted molar refractivity (Wildman–Crippen MR) is 75.4 cm³/mol. The number of nitrogens with zero attached hydrogens (tertiary/aromatic N) is 1. The van der Waals surface area contributed by atoms with Crippen LogP contribution in [0.1, 0.15) is 17.2 Å². The van der Waals surface area contributed by atoms with Gasteiger partial charge in [0.05, 0.1) is 14.2 Å². The number of benzene rings is 1. The summed E-state index contributed by atoms with van der Waals surface area (Å²) in [5, 5.41) is 9.40. The van der Waals surface area contributed by atoms with E-state index < -0.39 is 0 Å². The van der Waals surface area contributed by atoms with Gasteiger partial charge < -0.3 is 14.6 Å². The maximum absolute atomic E-state index is 9.40. The minimum Gasteiger partial charge on any atom is -0.493 e. The summed E-state index contributed by atoms with van der Waals surface area (Å²) in [6.45, 7) is 2.34. The molecule has 0 aliphatic carbocycles. The molecule has 0 radical (unpaired) electrons. The lowest BCUT2D eigenvalue weighted by molar-refractivity contribution is -0.0250. The highest BCUT2D eigenvalue weighted by atomic mass is 35.5. The first-order valence-electron chi connectivity index (χ1n) is 6.38. The van der Waals surface area contributed by atoms with E-state index in [4.69, 9.17) is 9.47 Å². The minimum absolute atomic E-state index is 0. The molecule has 106 valence electrons. The summed E-state index contributed by atoms with van der Waals surface area (Å²) in [6, 6.07) is 4.52. The number of fused-ring (bicyclic) bond motifs is 3. The summed E-state index contributed by atoms with van der Waals surface area (Å²) < 4.78 is 10.7. The van der Waals surface area contributed by atoms with E-state index in [0.29, 0.717) is 12.0 Å². The van der Waals surface area contributed by atoms with Crippen molar-refractivity contribution < 1.29 is 14.6 Å². The second kappa shape index (κ2) is 5.57. The maximum atomic E-state index is 9.40. The van der Waals surface area contributed by atoms with Gasteiger partial charge in [0.15, 0.2) is 11.5 Å². The Balaban J connectivity index is 0.00000133. The van der Waals surface area contributed by atoms with Crippen molar-refractivity contribution in [1.29, 1.82) is 0 Å². The Bertz CT molecular complexity index is 466. The van der Waals surface area contributed by atoms with E-state index >= 15 is 0 Å². The van der Waals surface area contributed by atoms with Crippen LogP contribution in [0.15, 0.2) is 12.1 Å². The number of halogens is 1. The Morgan fingerprint density at radius 2 is 1.95 bits per heavy atom. The van der Waals surface area contributed by atoms with Crippen LogP contribution < -0.4 is 9.47 Å². The van der Waals surface area contributed by atoms with Crippen molar-refractivity contribution >= 4 is 12.4 Å². The van der Waals surface area contributed by atoms with Crippen molar-refractivity contribution in [2.24, 2.45) is 5.92 Å². The second-order valence-electron chi connectivity index (χ2n) is 5.04. The van der Waals surface area contributed by atoms with Gasteiger partial charge in [0.1, 0.15) is 0 Å². The van der Waals surface area contributed by atoms with E-state index in [1.165, 1.54) is 11.1 Å². The number of hydrogen-bond acceptors (Lipinski definition) is 4. The third-order valence-electron chi connectivity index (χ3n) is 4.18. The molecule has 2 aliphatic heterocycles. The first-order valence-corrected chi connectivity index (χ1v) is 6.38. The fraction of sp³-hybridized carbons (Fsp3) is 0.571. The standard InChI is InChI=1S/C14H19NO3.ClH/c1-17-12-5-9-3-4-15-7-10(8-16)14(15)11(9)6-13(12)18-2;/h5-6,10,14,16H,3-4,7-8H2,1-2H3;1H. The highest BCUT2D eigenvalue weighted by Crippen LogP contribution is 2.46. The van der Waals surface area contributed by atoms with Crippen LogP contribution in [0, 0.1) is 5.92 Å². The van der Waals surface area contributed by atoms with E-state index in [0.717, 1.165) is 31.0 Å². The summed E-state index contributed by atoms with van der Waals surface area (Å²) in [6.07, 6.45) is 1.05. The fourth-order valence-electron chi connectivity index (χ4n) is 3.21. The van der Waals surface area contributed by atoms with Gasteiger partial charge in [0.25, 0.3) is 0 Å². The molecule has 0 spiro atoms. The van der Waals surface area contributed by atoms with Gasteiger partial charge in [-0.2, -0.15) is 0 Å². The molecule has 0 bridgehead atoms. The van der Waals surface area contributed by atoms with E-state index in [9.17, 15) is 5.11 Å². The molecule has 2 unspecified atom stereocenters. The summed E-state index contributed by atoms with van der Waals surface area (Å²) in [7, 11) is 3.33. The monoisotopic (exact) mass is 285 g/mol. The van der Waals surface area contributed by atoms with Crippen molar-refractivity contribution in [3.05, 3.63) is 23.3 Å². The van der Waals surface area contributed by atoms with Crippen molar-refractivity contribution in [1.82, 2.24) is 4.90 Å². The third-order valence-corrected chi connectivity index (χ3v) is 4.18. The fourth-order valence-corrected chi connectivity index (χ4v) is 3.21. The minimum atomic E-state index is 0. The first-order chi connectivity index (χ1) is 8.78. The number of aliphatic hydroxyl groups excluding tert-OH is 1. The normalized spacial score (nSPS) is 24.6. The van der Waals surface area contributed by atoms with Crippen LogP contribution >= 0.6 is 12.4 Å². The van der Waals surface area contributed by atoms with Crippen LogP contribution in [0.5, 0.6) is 11.5 Å². The molecule has 2 atom stereocenters. The molecule has 5 heteroatoms. The van der Waals surface area contributed by atoms with Gasteiger partial charge in [-0.3, -0.25) is 4.90 Å². The lowest BCUT2D eigenvalue weighted by Crippen LogP contribution is -2.54. The molecule has 0 amide bonds. The molecule has 3 rings (SSSR count). The molecule has 19 heavy (non-hydrogen) atoms. The molecular formula is C14H20ClNO3. The van der Waals surface area contributed by atoms with Crippen LogP contribution in [0.2, 0.25) is 0 Å². The zero-order valence-electron chi connectivity index (χ0n) is 11.3. The van der Waals surface area contributed by atoms with E-state index in [2.05, 4.69) is 17.0 Å². The van der Waals surface area contributed by atoms with Crippen LogP contribution in [0.3, 0.4) is 0 Å².